The summed E-state index contributed by atoms with van der Waals surface area (Å²) in [4.78, 5) is 12.1. The van der Waals surface area contributed by atoms with Crippen LogP contribution in [0.1, 0.15) is 40.0 Å². The summed E-state index contributed by atoms with van der Waals surface area (Å²) in [5.74, 6) is -0.163. The fraction of sp³-hybridized carbons (Fsp3) is 0.714. The van der Waals surface area contributed by atoms with Gasteiger partial charge in [0, 0.05) is 12.7 Å². The first-order chi connectivity index (χ1) is 9.51. The lowest BCUT2D eigenvalue weighted by atomic mass is 9.95. The van der Waals surface area contributed by atoms with Gasteiger partial charge in [-0.3, -0.25) is 9.48 Å². The molecule has 114 valence electrons. The van der Waals surface area contributed by atoms with Crippen molar-refractivity contribution in [1.82, 2.24) is 15.1 Å². The minimum Gasteiger partial charge on any atom is -0.465 e. The molecule has 0 aliphatic carbocycles. The van der Waals surface area contributed by atoms with Crippen LogP contribution in [0.3, 0.4) is 0 Å². The van der Waals surface area contributed by atoms with Gasteiger partial charge in [-0.25, -0.2) is 0 Å². The van der Waals surface area contributed by atoms with Crippen molar-refractivity contribution in [3.8, 4) is 0 Å². The van der Waals surface area contributed by atoms with Crippen molar-refractivity contribution in [1.29, 1.82) is 0 Å². The third-order valence-electron chi connectivity index (χ3n) is 3.16. The number of ether oxygens (including phenoxy) is 1. The summed E-state index contributed by atoms with van der Waals surface area (Å²) in [6, 6.07) is 0. The van der Waals surface area contributed by atoms with Crippen molar-refractivity contribution >= 4 is 28.6 Å². The molecule has 0 saturated heterocycles. The summed E-state index contributed by atoms with van der Waals surface area (Å²) in [6.45, 7) is 7.89. The van der Waals surface area contributed by atoms with Gasteiger partial charge < -0.3 is 10.1 Å². The van der Waals surface area contributed by atoms with Gasteiger partial charge in [-0.05, 0) is 62.2 Å². The summed E-state index contributed by atoms with van der Waals surface area (Å²) in [6.07, 6.45) is 6.45. The topological polar surface area (TPSA) is 56.2 Å². The van der Waals surface area contributed by atoms with E-state index < -0.39 is 5.54 Å². The van der Waals surface area contributed by atoms with Gasteiger partial charge in [0.15, 0.2) is 0 Å². The average Bonchev–Trinajstić information content (AvgIpc) is 2.82. The van der Waals surface area contributed by atoms with Gasteiger partial charge in [-0.2, -0.15) is 5.10 Å². The number of hydrogen-bond acceptors (Lipinski definition) is 4. The Hall–Kier alpha value is -0.630. The van der Waals surface area contributed by atoms with E-state index in [0.29, 0.717) is 6.61 Å². The summed E-state index contributed by atoms with van der Waals surface area (Å²) in [5.41, 5.74) is -0.605. The molecule has 20 heavy (non-hydrogen) atoms. The molecule has 0 aromatic carbocycles. The molecular weight excluding hydrogens is 369 g/mol. The highest BCUT2D eigenvalue weighted by atomic mass is 127. The Morgan fingerprint density at radius 3 is 2.85 bits per heavy atom. The number of carbonyl (C=O) groups is 1. The standard InChI is InChI=1S/C14H24IN3O2/c1-4-8-16-14(3,13(19)20-5-2)7-6-9-18-11-12(15)10-17-18/h10-11,16H,4-9H2,1-3H3. The molecule has 1 N–H and O–H groups in total. The molecule has 1 rings (SSSR count). The zero-order chi connectivity index (χ0) is 15.0. The maximum atomic E-state index is 12.1. The predicted octanol–water partition coefficient (Wildman–Crippen LogP) is 2.59. The molecule has 0 radical (unpaired) electrons. The molecule has 1 atom stereocenters. The number of hydrogen-bond donors (Lipinski definition) is 1. The fourth-order valence-electron chi connectivity index (χ4n) is 2.01. The van der Waals surface area contributed by atoms with Crippen LogP contribution in [0.25, 0.3) is 0 Å². The summed E-state index contributed by atoms with van der Waals surface area (Å²) < 4.78 is 8.22. The van der Waals surface area contributed by atoms with Crippen LogP contribution in [0.15, 0.2) is 12.4 Å². The Morgan fingerprint density at radius 1 is 1.55 bits per heavy atom. The highest BCUT2D eigenvalue weighted by molar-refractivity contribution is 14.1. The van der Waals surface area contributed by atoms with Crippen LogP contribution in [0.2, 0.25) is 0 Å². The molecule has 0 bridgehead atoms. The van der Waals surface area contributed by atoms with Crippen molar-refractivity contribution in [3.05, 3.63) is 16.0 Å². The monoisotopic (exact) mass is 393 g/mol. The Balaban J connectivity index is 2.53. The van der Waals surface area contributed by atoms with E-state index in [2.05, 4.69) is 39.9 Å². The Bertz CT molecular complexity index is 422. The van der Waals surface area contributed by atoms with Crippen molar-refractivity contribution < 1.29 is 9.53 Å². The van der Waals surface area contributed by atoms with Gasteiger partial charge in [0.25, 0.3) is 0 Å². The molecule has 6 heteroatoms. The number of halogens is 1. The van der Waals surface area contributed by atoms with Gasteiger partial charge in [0.2, 0.25) is 0 Å². The van der Waals surface area contributed by atoms with Crippen LogP contribution in [-0.4, -0.2) is 34.4 Å². The molecule has 0 aliphatic rings. The SMILES string of the molecule is CCCNC(C)(CCCn1cc(I)cn1)C(=O)OCC. The molecule has 0 amide bonds. The smallest absolute Gasteiger partial charge is 0.326 e. The second-order valence-electron chi connectivity index (χ2n) is 5.00. The van der Waals surface area contributed by atoms with Gasteiger partial charge in [-0.1, -0.05) is 6.92 Å². The largest absolute Gasteiger partial charge is 0.465 e. The molecule has 1 aromatic heterocycles. The van der Waals surface area contributed by atoms with Crippen LogP contribution < -0.4 is 5.32 Å². The number of nitrogens with zero attached hydrogens (tertiary/aromatic N) is 2. The van der Waals surface area contributed by atoms with Crippen LogP contribution in [-0.2, 0) is 16.1 Å². The molecule has 0 saturated carbocycles. The Labute approximate surface area is 134 Å². The summed E-state index contributed by atoms with van der Waals surface area (Å²) in [5, 5.41) is 7.57. The lowest BCUT2D eigenvalue weighted by Crippen LogP contribution is -2.50. The van der Waals surface area contributed by atoms with Gasteiger partial charge in [-0.15, -0.1) is 0 Å². The van der Waals surface area contributed by atoms with Crippen molar-refractivity contribution in [2.24, 2.45) is 0 Å². The Kier molecular flexibility index (Phi) is 7.50. The Morgan fingerprint density at radius 2 is 2.30 bits per heavy atom. The molecule has 0 aliphatic heterocycles. The van der Waals surface area contributed by atoms with Gasteiger partial charge >= 0.3 is 5.97 Å². The molecule has 0 fully saturated rings. The lowest BCUT2D eigenvalue weighted by molar-refractivity contribution is -0.150. The normalized spacial score (nSPS) is 14.0. The van der Waals surface area contributed by atoms with Gasteiger partial charge in [0.05, 0.1) is 16.4 Å². The predicted molar refractivity (Wildman–Crippen MR) is 87.5 cm³/mol. The molecule has 1 heterocycles. The van der Waals surface area contributed by atoms with E-state index in [-0.39, 0.29) is 5.97 Å². The zero-order valence-electron chi connectivity index (χ0n) is 12.5. The highest BCUT2D eigenvalue weighted by Crippen LogP contribution is 2.16. The van der Waals surface area contributed by atoms with E-state index in [1.54, 1.807) is 0 Å². The van der Waals surface area contributed by atoms with Crippen molar-refractivity contribution in [2.45, 2.75) is 52.1 Å². The third kappa shape index (κ3) is 5.40. The molecule has 1 unspecified atom stereocenters. The second kappa shape index (κ2) is 8.61. The van der Waals surface area contributed by atoms with E-state index in [9.17, 15) is 4.79 Å². The first kappa shape index (κ1) is 17.4. The number of esters is 1. The quantitative estimate of drug-likeness (QED) is 0.518. The first-order valence-electron chi connectivity index (χ1n) is 7.12. The molecule has 0 spiro atoms. The van der Waals surface area contributed by atoms with Crippen LogP contribution >= 0.6 is 22.6 Å². The lowest BCUT2D eigenvalue weighted by Gasteiger charge is -2.28. The van der Waals surface area contributed by atoms with E-state index in [0.717, 1.165) is 35.9 Å². The van der Waals surface area contributed by atoms with Crippen molar-refractivity contribution in [2.75, 3.05) is 13.2 Å². The van der Waals surface area contributed by atoms with Crippen LogP contribution in [0, 0.1) is 3.57 Å². The maximum Gasteiger partial charge on any atom is 0.326 e. The second-order valence-corrected chi connectivity index (χ2v) is 6.25. The van der Waals surface area contributed by atoms with Crippen LogP contribution in [0.4, 0.5) is 0 Å². The molecular formula is C14H24IN3O2. The highest BCUT2D eigenvalue weighted by Gasteiger charge is 2.33. The number of aryl methyl sites for hydroxylation is 1. The zero-order valence-corrected chi connectivity index (χ0v) is 14.6. The van der Waals surface area contributed by atoms with Crippen molar-refractivity contribution in [3.63, 3.8) is 0 Å². The third-order valence-corrected chi connectivity index (χ3v) is 3.71. The fourth-order valence-corrected chi connectivity index (χ4v) is 2.46. The first-order valence-corrected chi connectivity index (χ1v) is 8.20. The van der Waals surface area contributed by atoms with E-state index in [1.807, 2.05) is 30.9 Å². The molecule has 1 aromatic rings. The maximum absolute atomic E-state index is 12.1. The van der Waals surface area contributed by atoms with E-state index >= 15 is 0 Å². The summed E-state index contributed by atoms with van der Waals surface area (Å²) in [7, 11) is 0. The van der Waals surface area contributed by atoms with E-state index in [1.165, 1.54) is 0 Å². The number of rotatable bonds is 9. The average molecular weight is 393 g/mol. The minimum absolute atomic E-state index is 0.163. The number of nitrogens with one attached hydrogen (secondary N) is 1. The van der Waals surface area contributed by atoms with Crippen LogP contribution in [0.5, 0.6) is 0 Å². The minimum atomic E-state index is -0.605. The molecule has 5 nitrogen and oxygen atoms in total. The van der Waals surface area contributed by atoms with E-state index in [4.69, 9.17) is 4.74 Å². The number of aromatic nitrogens is 2. The van der Waals surface area contributed by atoms with Gasteiger partial charge in [0.1, 0.15) is 5.54 Å². The number of carbonyl (C=O) groups excluding carboxylic acids is 1. The summed E-state index contributed by atoms with van der Waals surface area (Å²) >= 11 is 2.24.